The second kappa shape index (κ2) is 15.2. The number of aliphatic hydroxyl groups excluding tert-OH is 1. The van der Waals surface area contributed by atoms with Crippen LogP contribution in [0.4, 0.5) is 0 Å². The predicted octanol–water partition coefficient (Wildman–Crippen LogP) is 6.91. The highest BCUT2D eigenvalue weighted by Crippen LogP contribution is 2.43. The summed E-state index contributed by atoms with van der Waals surface area (Å²) in [5.74, 6) is -0.417. The molecule has 0 bridgehead atoms. The van der Waals surface area contributed by atoms with Crippen LogP contribution in [0.5, 0.6) is 0 Å². The molecule has 4 aromatic rings. The van der Waals surface area contributed by atoms with E-state index in [1.54, 1.807) is 11.8 Å². The van der Waals surface area contributed by atoms with E-state index in [1.807, 2.05) is 84.9 Å². The van der Waals surface area contributed by atoms with E-state index in [4.69, 9.17) is 14.6 Å². The maximum Gasteiger partial charge on any atom is 0.303 e. The molecule has 0 spiro atoms. The summed E-state index contributed by atoms with van der Waals surface area (Å²) in [4.78, 5) is 24.0. The number of thioether (sulfide) groups is 1. The first kappa shape index (κ1) is 31.5. The highest BCUT2D eigenvalue weighted by atomic mass is 32.2. The maximum atomic E-state index is 12.0. The molecule has 3 N–H and O–H groups in total. The lowest BCUT2D eigenvalue weighted by Gasteiger charge is -2.41. The molecule has 4 atom stereocenters. The standard InChI is InChI=1S/C36H37NO6S/c1-24-32(23-44-31-11-3-2-4-12-31)42-36(43-35(24)27-15-13-25(22-38)14-16-27)30-10-6-9-29(20-30)28-8-5-7-26(19-28)21-37-33(39)17-18-34(40)41/h2-16,19-20,24,32,35-36,38H,17-18,21-23H2,1H3,(H,37,39)(H,40,41)/t24-,32+,35+,36+/m0/s1. The molecule has 1 aliphatic rings. The smallest absolute Gasteiger partial charge is 0.303 e. The number of nitrogens with one attached hydrogen (secondary N) is 1. The van der Waals surface area contributed by atoms with Gasteiger partial charge in [0.05, 0.1) is 25.2 Å². The number of aliphatic carboxylic acids is 1. The van der Waals surface area contributed by atoms with E-state index in [1.165, 1.54) is 4.90 Å². The lowest BCUT2D eigenvalue weighted by atomic mass is 9.91. The number of hydrogen-bond acceptors (Lipinski definition) is 6. The quantitative estimate of drug-likeness (QED) is 0.150. The average Bonchev–Trinajstić information content (AvgIpc) is 3.06. The molecule has 0 aromatic heterocycles. The molecule has 228 valence electrons. The van der Waals surface area contributed by atoms with Crippen LogP contribution >= 0.6 is 11.8 Å². The molecule has 4 aromatic carbocycles. The topological polar surface area (TPSA) is 105 Å². The molecule has 1 amide bonds. The van der Waals surface area contributed by atoms with Crippen molar-refractivity contribution in [1.29, 1.82) is 0 Å². The maximum absolute atomic E-state index is 12.0. The fourth-order valence-corrected chi connectivity index (χ4v) is 6.33. The summed E-state index contributed by atoms with van der Waals surface area (Å²) >= 11 is 1.77. The van der Waals surface area contributed by atoms with E-state index in [9.17, 15) is 14.7 Å². The van der Waals surface area contributed by atoms with Crippen molar-refractivity contribution in [1.82, 2.24) is 5.32 Å². The predicted molar refractivity (Wildman–Crippen MR) is 171 cm³/mol. The van der Waals surface area contributed by atoms with Crippen LogP contribution in [0.2, 0.25) is 0 Å². The zero-order valence-corrected chi connectivity index (χ0v) is 25.4. The van der Waals surface area contributed by atoms with Crippen LogP contribution in [0.25, 0.3) is 11.1 Å². The molecular formula is C36H37NO6S. The van der Waals surface area contributed by atoms with Gasteiger partial charge in [-0.3, -0.25) is 9.59 Å². The van der Waals surface area contributed by atoms with Gasteiger partial charge in [0.15, 0.2) is 6.29 Å². The number of rotatable bonds is 12. The summed E-state index contributed by atoms with van der Waals surface area (Å²) < 4.78 is 13.3. The van der Waals surface area contributed by atoms with Crippen LogP contribution in [0.3, 0.4) is 0 Å². The van der Waals surface area contributed by atoms with Crippen molar-refractivity contribution < 1.29 is 29.3 Å². The summed E-state index contributed by atoms with van der Waals surface area (Å²) in [5, 5.41) is 21.2. The first-order valence-electron chi connectivity index (χ1n) is 14.8. The van der Waals surface area contributed by atoms with Gasteiger partial charge in [-0.1, -0.05) is 85.8 Å². The molecule has 0 unspecified atom stereocenters. The third-order valence-electron chi connectivity index (χ3n) is 7.76. The van der Waals surface area contributed by atoms with Gasteiger partial charge in [-0.2, -0.15) is 0 Å². The Kier molecular flexibility index (Phi) is 10.9. The van der Waals surface area contributed by atoms with Gasteiger partial charge in [-0.05, 0) is 52.1 Å². The van der Waals surface area contributed by atoms with E-state index in [0.29, 0.717) is 6.54 Å². The number of carboxylic acid groups (broad SMARTS) is 1. The number of carboxylic acids is 1. The van der Waals surface area contributed by atoms with E-state index >= 15 is 0 Å². The van der Waals surface area contributed by atoms with E-state index in [-0.39, 0.29) is 43.5 Å². The normalized spacial score (nSPS) is 19.8. The molecule has 5 rings (SSSR count). The van der Waals surface area contributed by atoms with E-state index in [2.05, 4.69) is 30.4 Å². The van der Waals surface area contributed by atoms with Gasteiger partial charge in [0.2, 0.25) is 5.91 Å². The van der Waals surface area contributed by atoms with Crippen LogP contribution in [0, 0.1) is 5.92 Å². The van der Waals surface area contributed by atoms with Crippen molar-refractivity contribution in [3.63, 3.8) is 0 Å². The van der Waals surface area contributed by atoms with Crippen LogP contribution in [-0.4, -0.2) is 33.9 Å². The Bertz CT molecular complexity index is 1540. The van der Waals surface area contributed by atoms with Gasteiger partial charge in [0, 0.05) is 35.1 Å². The minimum absolute atomic E-state index is 0.00544. The number of carbonyl (C=O) groups excluding carboxylic acids is 1. The minimum atomic E-state index is -0.991. The average molecular weight is 612 g/mol. The Labute approximate surface area is 262 Å². The lowest BCUT2D eigenvalue weighted by Crippen LogP contribution is -2.38. The number of ether oxygens (including phenoxy) is 2. The summed E-state index contributed by atoms with van der Waals surface area (Å²) in [6, 6.07) is 34.3. The Morgan fingerprint density at radius 2 is 1.52 bits per heavy atom. The van der Waals surface area contributed by atoms with Gasteiger partial charge < -0.3 is 25.0 Å². The largest absolute Gasteiger partial charge is 0.481 e. The third kappa shape index (κ3) is 8.36. The molecule has 1 saturated heterocycles. The van der Waals surface area contributed by atoms with Crippen LogP contribution < -0.4 is 5.32 Å². The van der Waals surface area contributed by atoms with Gasteiger partial charge in [0.1, 0.15) is 0 Å². The summed E-state index contributed by atoms with van der Waals surface area (Å²) in [7, 11) is 0. The van der Waals surface area contributed by atoms with Gasteiger partial charge in [0.25, 0.3) is 0 Å². The Hall–Kier alpha value is -3.95. The highest BCUT2D eigenvalue weighted by Gasteiger charge is 2.38. The molecule has 0 saturated carbocycles. The molecule has 1 aliphatic heterocycles. The van der Waals surface area contributed by atoms with Crippen LogP contribution in [0.15, 0.2) is 108 Å². The van der Waals surface area contributed by atoms with Gasteiger partial charge in [-0.15, -0.1) is 11.8 Å². The minimum Gasteiger partial charge on any atom is -0.481 e. The summed E-state index contributed by atoms with van der Waals surface area (Å²) in [6.07, 6.45) is -1.08. The zero-order chi connectivity index (χ0) is 30.9. The molecule has 7 nitrogen and oxygen atoms in total. The Balaban J connectivity index is 1.35. The third-order valence-corrected chi connectivity index (χ3v) is 8.86. The number of carbonyl (C=O) groups is 2. The van der Waals surface area contributed by atoms with Crippen molar-refractivity contribution in [3.8, 4) is 11.1 Å². The van der Waals surface area contributed by atoms with E-state index in [0.717, 1.165) is 39.1 Å². The van der Waals surface area contributed by atoms with Crippen LogP contribution in [0.1, 0.15) is 54.4 Å². The number of hydrogen-bond donors (Lipinski definition) is 3. The highest BCUT2D eigenvalue weighted by molar-refractivity contribution is 7.99. The first-order chi connectivity index (χ1) is 21.4. The summed E-state index contributed by atoms with van der Waals surface area (Å²) in [6.45, 7) is 2.48. The van der Waals surface area contributed by atoms with Crippen molar-refractivity contribution in [2.24, 2.45) is 5.92 Å². The molecular weight excluding hydrogens is 574 g/mol. The van der Waals surface area contributed by atoms with E-state index < -0.39 is 12.3 Å². The van der Waals surface area contributed by atoms with Gasteiger partial charge >= 0.3 is 5.97 Å². The van der Waals surface area contributed by atoms with Crippen LogP contribution in [-0.2, 0) is 32.2 Å². The Morgan fingerprint density at radius 1 is 0.795 bits per heavy atom. The number of aliphatic hydroxyl groups is 1. The second-order valence-corrected chi connectivity index (χ2v) is 12.0. The fraction of sp³-hybridized carbons (Fsp3) is 0.278. The van der Waals surface area contributed by atoms with Crippen molar-refractivity contribution in [2.75, 3.05) is 5.75 Å². The number of amides is 1. The monoisotopic (exact) mass is 611 g/mol. The molecule has 1 heterocycles. The second-order valence-electron chi connectivity index (χ2n) is 10.9. The van der Waals surface area contributed by atoms with Crippen molar-refractivity contribution in [2.45, 2.75) is 56.3 Å². The molecule has 44 heavy (non-hydrogen) atoms. The SMILES string of the molecule is C[C@H]1[C@@H](CSc2ccccc2)O[C@@H](c2cccc(-c3cccc(CNC(=O)CCC(=O)O)c3)c2)O[C@H]1c1ccc(CO)cc1. The van der Waals surface area contributed by atoms with Crippen molar-refractivity contribution >= 4 is 23.6 Å². The molecule has 0 radical (unpaired) electrons. The lowest BCUT2D eigenvalue weighted by molar-refractivity contribution is -0.268. The fourth-order valence-electron chi connectivity index (χ4n) is 5.24. The zero-order valence-electron chi connectivity index (χ0n) is 24.6. The van der Waals surface area contributed by atoms with Crippen molar-refractivity contribution in [3.05, 3.63) is 125 Å². The first-order valence-corrected chi connectivity index (χ1v) is 15.7. The molecule has 8 heteroatoms. The molecule has 0 aliphatic carbocycles. The summed E-state index contributed by atoms with van der Waals surface area (Å²) in [5.41, 5.74) is 5.71. The Morgan fingerprint density at radius 3 is 2.25 bits per heavy atom. The number of benzene rings is 4. The molecule has 1 fully saturated rings. The van der Waals surface area contributed by atoms with Gasteiger partial charge in [-0.25, -0.2) is 0 Å².